The van der Waals surface area contributed by atoms with Crippen LogP contribution in [0.25, 0.3) is 0 Å². The number of anilines is 2. The maximum Gasteiger partial charge on any atom is 0.247 e. The average Bonchev–Trinajstić information content (AvgIpc) is 3.66. The number of carbonyl (C=O) groups is 4. The van der Waals surface area contributed by atoms with Crippen molar-refractivity contribution in [2.24, 2.45) is 11.8 Å². The molecule has 10 nitrogen and oxygen atoms in total. The fourth-order valence-electron chi connectivity index (χ4n) is 9.23. The maximum absolute atomic E-state index is 14.2. The first-order valence-electron chi connectivity index (χ1n) is 15.1. The van der Waals surface area contributed by atoms with E-state index >= 15 is 0 Å². The van der Waals surface area contributed by atoms with Gasteiger partial charge in [-0.05, 0) is 47.9 Å². The quantitative estimate of drug-likeness (QED) is 0.449. The van der Waals surface area contributed by atoms with Crippen LogP contribution in [0, 0.1) is 11.8 Å². The Bertz CT molecular complexity index is 1460. The first-order valence-corrected chi connectivity index (χ1v) is 15.1. The molecule has 0 radical (unpaired) electrons. The Balaban J connectivity index is 1.39. The number of rotatable bonds is 3. The molecule has 10 heteroatoms. The third kappa shape index (κ3) is 2.81. The molecule has 42 heavy (non-hydrogen) atoms. The lowest BCUT2D eigenvalue weighted by Crippen LogP contribution is -2.67. The van der Waals surface area contributed by atoms with Gasteiger partial charge in [-0.15, -0.1) is 0 Å². The third-order valence-corrected chi connectivity index (χ3v) is 11.0. The fraction of sp³-hybridized carbons (Fsp3) is 0.500. The minimum atomic E-state index is -0.803. The van der Waals surface area contributed by atoms with E-state index < -0.39 is 47.3 Å². The number of para-hydroxylation sites is 2. The molecule has 4 saturated heterocycles. The molecule has 8 rings (SSSR count). The van der Waals surface area contributed by atoms with Gasteiger partial charge in [-0.25, -0.2) is 0 Å². The molecule has 218 valence electrons. The highest BCUT2D eigenvalue weighted by Gasteiger charge is 2.78. The zero-order valence-corrected chi connectivity index (χ0v) is 24.2. The smallest absolute Gasteiger partial charge is 0.247 e. The molecule has 0 bridgehead atoms. The number of piperazine rings is 2. The van der Waals surface area contributed by atoms with Crippen LogP contribution in [-0.2, 0) is 30.0 Å². The van der Waals surface area contributed by atoms with Crippen molar-refractivity contribution in [2.75, 3.05) is 10.6 Å². The molecule has 0 saturated carbocycles. The topological polar surface area (TPSA) is 123 Å². The summed E-state index contributed by atoms with van der Waals surface area (Å²) >= 11 is 0. The predicted octanol–water partition coefficient (Wildman–Crippen LogP) is 1.88. The molecule has 6 aliphatic heterocycles. The first kappa shape index (κ1) is 25.6. The van der Waals surface area contributed by atoms with E-state index in [4.69, 9.17) is 0 Å². The minimum absolute atomic E-state index is 0.0734. The summed E-state index contributed by atoms with van der Waals surface area (Å²) in [5.74, 6) is -0.654. The van der Waals surface area contributed by atoms with Gasteiger partial charge >= 0.3 is 0 Å². The molecule has 2 unspecified atom stereocenters. The van der Waals surface area contributed by atoms with Crippen molar-refractivity contribution in [2.45, 2.75) is 87.9 Å². The monoisotopic (exact) mass is 568 g/mol. The van der Waals surface area contributed by atoms with Crippen molar-refractivity contribution in [3.8, 4) is 0 Å². The molecule has 8 atom stereocenters. The highest BCUT2D eigenvalue weighted by molar-refractivity contribution is 6.01. The summed E-state index contributed by atoms with van der Waals surface area (Å²) in [6.45, 7) is 7.78. The highest BCUT2D eigenvalue weighted by Crippen LogP contribution is 2.68. The van der Waals surface area contributed by atoms with E-state index in [1.54, 1.807) is 9.80 Å². The molecule has 6 heterocycles. The van der Waals surface area contributed by atoms with Gasteiger partial charge in [-0.1, -0.05) is 64.1 Å². The average molecular weight is 569 g/mol. The first-order chi connectivity index (χ1) is 20.1. The molecule has 4 amide bonds. The summed E-state index contributed by atoms with van der Waals surface area (Å²) in [5, 5.41) is 13.4. The Labute approximate surface area is 244 Å². The van der Waals surface area contributed by atoms with Gasteiger partial charge in [-0.2, -0.15) is 0 Å². The van der Waals surface area contributed by atoms with Crippen molar-refractivity contribution in [3.05, 3.63) is 59.7 Å². The van der Waals surface area contributed by atoms with Gasteiger partial charge in [0.05, 0.1) is 10.8 Å². The molecule has 4 N–H and O–H groups in total. The van der Waals surface area contributed by atoms with Gasteiger partial charge in [0, 0.05) is 11.4 Å². The number of hydrogen-bond acceptors (Lipinski definition) is 6. The van der Waals surface area contributed by atoms with Crippen LogP contribution in [0.15, 0.2) is 48.5 Å². The largest absolute Gasteiger partial charge is 0.364 e. The van der Waals surface area contributed by atoms with Gasteiger partial charge in [0.1, 0.15) is 36.5 Å². The number of nitrogens with zero attached hydrogens (tertiary/aromatic N) is 2. The number of nitrogens with one attached hydrogen (secondary N) is 4. The lowest BCUT2D eigenvalue weighted by molar-refractivity contribution is -0.150. The minimum Gasteiger partial charge on any atom is -0.364 e. The second kappa shape index (κ2) is 8.26. The van der Waals surface area contributed by atoms with Crippen molar-refractivity contribution in [1.82, 2.24) is 20.4 Å². The molecule has 4 fully saturated rings. The van der Waals surface area contributed by atoms with Crippen LogP contribution in [0.4, 0.5) is 11.4 Å². The summed E-state index contributed by atoms with van der Waals surface area (Å²) in [6, 6.07) is 13.6. The molecule has 0 aliphatic carbocycles. The lowest BCUT2D eigenvalue weighted by Gasteiger charge is -2.48. The van der Waals surface area contributed by atoms with Crippen molar-refractivity contribution >= 4 is 35.0 Å². The van der Waals surface area contributed by atoms with E-state index in [0.29, 0.717) is 12.8 Å². The van der Waals surface area contributed by atoms with Crippen LogP contribution < -0.4 is 21.3 Å². The van der Waals surface area contributed by atoms with Crippen molar-refractivity contribution < 1.29 is 19.2 Å². The Morgan fingerprint density at radius 3 is 1.38 bits per heavy atom. The summed E-state index contributed by atoms with van der Waals surface area (Å²) in [5.41, 5.74) is 2.26. The Kier molecular flexibility index (Phi) is 5.04. The van der Waals surface area contributed by atoms with E-state index in [1.165, 1.54) is 0 Å². The third-order valence-electron chi connectivity index (χ3n) is 11.0. The molecule has 0 aromatic heterocycles. The van der Waals surface area contributed by atoms with Crippen LogP contribution in [0.5, 0.6) is 0 Å². The molecule has 2 aromatic carbocycles. The SMILES string of the molecule is CC(C)[C@H]1NC(=O)[C@H]2CC3(C45C[C@@H]6C(=O)N[C@H](C(C)C)C(=O)N6[C@@H]4Nc4ccccc45)c4ccccc4N[C@H]3N2C1=O. The lowest BCUT2D eigenvalue weighted by atomic mass is 9.54. The van der Waals surface area contributed by atoms with Crippen LogP contribution in [0.2, 0.25) is 0 Å². The number of benzene rings is 2. The molecular formula is C32H36N6O4. The Morgan fingerprint density at radius 1 is 0.619 bits per heavy atom. The van der Waals surface area contributed by atoms with Crippen LogP contribution >= 0.6 is 0 Å². The molecule has 0 spiro atoms. The number of hydrogen-bond donors (Lipinski definition) is 4. The van der Waals surface area contributed by atoms with E-state index in [1.807, 2.05) is 64.1 Å². The van der Waals surface area contributed by atoms with Gasteiger partial charge in [0.2, 0.25) is 23.6 Å². The molecule has 2 aromatic rings. The van der Waals surface area contributed by atoms with E-state index in [9.17, 15) is 19.2 Å². The fourth-order valence-corrected chi connectivity index (χ4v) is 9.23. The van der Waals surface area contributed by atoms with Crippen LogP contribution in [0.1, 0.15) is 51.7 Å². The summed E-state index contributed by atoms with van der Waals surface area (Å²) < 4.78 is 0. The summed E-state index contributed by atoms with van der Waals surface area (Å²) in [7, 11) is 0. The molecular weight excluding hydrogens is 532 g/mol. The summed E-state index contributed by atoms with van der Waals surface area (Å²) in [4.78, 5) is 59.5. The highest BCUT2D eigenvalue weighted by atomic mass is 16.2. The van der Waals surface area contributed by atoms with Crippen molar-refractivity contribution in [1.29, 1.82) is 0 Å². The predicted molar refractivity (Wildman–Crippen MR) is 155 cm³/mol. The second-order valence-electron chi connectivity index (χ2n) is 13.5. The van der Waals surface area contributed by atoms with Gasteiger partial charge < -0.3 is 31.1 Å². The van der Waals surface area contributed by atoms with E-state index in [2.05, 4.69) is 33.4 Å². The number of amides is 4. The normalized spacial score (nSPS) is 37.4. The second-order valence-corrected chi connectivity index (χ2v) is 13.5. The van der Waals surface area contributed by atoms with E-state index in [-0.39, 0.29) is 35.5 Å². The van der Waals surface area contributed by atoms with Gasteiger partial charge in [0.15, 0.2) is 0 Å². The molecule has 6 aliphatic rings. The van der Waals surface area contributed by atoms with Gasteiger partial charge in [0.25, 0.3) is 0 Å². The number of fused-ring (bicyclic) bond motifs is 11. The van der Waals surface area contributed by atoms with Crippen molar-refractivity contribution in [3.63, 3.8) is 0 Å². The van der Waals surface area contributed by atoms with Crippen LogP contribution in [0.3, 0.4) is 0 Å². The maximum atomic E-state index is 14.2. The Morgan fingerprint density at radius 2 is 1.00 bits per heavy atom. The zero-order chi connectivity index (χ0) is 29.3. The summed E-state index contributed by atoms with van der Waals surface area (Å²) in [6.07, 6.45) is -0.313. The number of carbonyl (C=O) groups excluding carboxylic acids is 4. The Hall–Kier alpha value is -4.08. The van der Waals surface area contributed by atoms with Crippen LogP contribution in [-0.4, -0.2) is 69.9 Å². The van der Waals surface area contributed by atoms with Gasteiger partial charge in [-0.3, -0.25) is 19.2 Å². The zero-order valence-electron chi connectivity index (χ0n) is 24.2. The standard InChI is InChI=1S/C32H36N6O4/c1-15(2)23-27(41)37-21(25(39)35-23)13-31(17-9-5-7-11-19(17)33-29(31)37)32-14-22-26(40)36-24(16(3)4)28(42)38(22)30(32)34-20-12-8-6-10-18(20)32/h5-12,15-16,21-24,29-30,33-34H,13-14H2,1-4H3,(H,35,39)(H,36,40)/t21-,22-,23-,24-,29+,30+,31?,32?/m1/s1. The van der Waals surface area contributed by atoms with E-state index in [0.717, 1.165) is 22.5 Å².